The van der Waals surface area contributed by atoms with E-state index in [0.717, 1.165) is 20.9 Å². The van der Waals surface area contributed by atoms with Crippen molar-refractivity contribution in [1.82, 2.24) is 0 Å². The van der Waals surface area contributed by atoms with Gasteiger partial charge in [0.1, 0.15) is 0 Å². The lowest BCUT2D eigenvalue weighted by atomic mass is 10.1. The Morgan fingerprint density at radius 1 is 1.31 bits per heavy atom. The van der Waals surface area contributed by atoms with E-state index in [9.17, 15) is 5.11 Å². The van der Waals surface area contributed by atoms with E-state index in [1.807, 2.05) is 26.0 Å². The predicted octanol–water partition coefficient (Wildman–Crippen LogP) is 3.96. The Morgan fingerprint density at radius 2 is 1.92 bits per heavy atom. The predicted molar refractivity (Wildman–Crippen MR) is 61.8 cm³/mol. The van der Waals surface area contributed by atoms with Crippen LogP contribution in [0.4, 0.5) is 0 Å². The van der Waals surface area contributed by atoms with Gasteiger partial charge in [0.15, 0.2) is 0 Å². The standard InChI is InChI=1S/C10H12Br2O/c1-3-10(13)7-5-8(11)6(2)4-9(7)12/h4-5,10,13H,3H2,1-2H3/t10-/m1/s1. The minimum absolute atomic E-state index is 0.383. The summed E-state index contributed by atoms with van der Waals surface area (Å²) in [5, 5.41) is 9.67. The average Bonchev–Trinajstić information content (AvgIpc) is 2.10. The molecule has 1 rings (SSSR count). The summed E-state index contributed by atoms with van der Waals surface area (Å²) in [4.78, 5) is 0. The second-order valence-electron chi connectivity index (χ2n) is 3.05. The van der Waals surface area contributed by atoms with Gasteiger partial charge in [-0.25, -0.2) is 0 Å². The summed E-state index contributed by atoms with van der Waals surface area (Å²) in [6, 6.07) is 3.98. The van der Waals surface area contributed by atoms with Crippen molar-refractivity contribution >= 4 is 31.9 Å². The summed E-state index contributed by atoms with van der Waals surface area (Å²) in [7, 11) is 0. The molecular weight excluding hydrogens is 296 g/mol. The van der Waals surface area contributed by atoms with E-state index in [2.05, 4.69) is 31.9 Å². The molecule has 0 fully saturated rings. The number of hydrogen-bond donors (Lipinski definition) is 1. The smallest absolute Gasteiger partial charge is 0.0798 e. The van der Waals surface area contributed by atoms with Gasteiger partial charge in [-0.15, -0.1) is 0 Å². The second-order valence-corrected chi connectivity index (χ2v) is 4.76. The highest BCUT2D eigenvalue weighted by Crippen LogP contribution is 2.30. The molecule has 1 atom stereocenters. The van der Waals surface area contributed by atoms with E-state index in [0.29, 0.717) is 0 Å². The van der Waals surface area contributed by atoms with Crippen LogP contribution in [0.3, 0.4) is 0 Å². The van der Waals surface area contributed by atoms with Crippen LogP contribution in [0.5, 0.6) is 0 Å². The molecule has 0 amide bonds. The zero-order valence-corrected chi connectivity index (χ0v) is 10.8. The summed E-state index contributed by atoms with van der Waals surface area (Å²) in [5.41, 5.74) is 2.11. The molecule has 0 saturated carbocycles. The van der Waals surface area contributed by atoms with Gasteiger partial charge in [-0.2, -0.15) is 0 Å². The molecule has 72 valence electrons. The quantitative estimate of drug-likeness (QED) is 0.876. The van der Waals surface area contributed by atoms with Crippen LogP contribution in [0.15, 0.2) is 21.1 Å². The lowest BCUT2D eigenvalue weighted by Gasteiger charge is -2.12. The third kappa shape index (κ3) is 2.55. The summed E-state index contributed by atoms with van der Waals surface area (Å²) >= 11 is 6.89. The highest BCUT2D eigenvalue weighted by Gasteiger charge is 2.10. The summed E-state index contributed by atoms with van der Waals surface area (Å²) < 4.78 is 2.01. The Bertz CT molecular complexity index is 310. The van der Waals surface area contributed by atoms with E-state index in [4.69, 9.17) is 0 Å². The van der Waals surface area contributed by atoms with Gasteiger partial charge in [0.05, 0.1) is 6.10 Å². The number of aryl methyl sites for hydroxylation is 1. The molecule has 1 nitrogen and oxygen atoms in total. The van der Waals surface area contributed by atoms with E-state index in [1.54, 1.807) is 0 Å². The molecule has 0 aliphatic rings. The molecule has 0 saturated heterocycles. The third-order valence-corrected chi connectivity index (χ3v) is 3.56. The second kappa shape index (κ2) is 4.58. The number of halogens is 2. The maximum atomic E-state index is 9.67. The van der Waals surface area contributed by atoms with Crippen LogP contribution in [0, 0.1) is 6.92 Å². The fourth-order valence-corrected chi connectivity index (χ4v) is 2.22. The largest absolute Gasteiger partial charge is 0.388 e. The SMILES string of the molecule is CC[C@@H](O)c1cc(Br)c(C)cc1Br. The van der Waals surface area contributed by atoms with E-state index >= 15 is 0 Å². The number of rotatable bonds is 2. The first-order valence-electron chi connectivity index (χ1n) is 4.19. The molecule has 13 heavy (non-hydrogen) atoms. The van der Waals surface area contributed by atoms with Crippen molar-refractivity contribution in [2.45, 2.75) is 26.4 Å². The lowest BCUT2D eigenvalue weighted by molar-refractivity contribution is 0.173. The minimum atomic E-state index is -0.383. The highest BCUT2D eigenvalue weighted by molar-refractivity contribution is 9.11. The van der Waals surface area contributed by atoms with Gasteiger partial charge < -0.3 is 5.11 Å². The van der Waals surface area contributed by atoms with Crippen molar-refractivity contribution in [3.63, 3.8) is 0 Å². The van der Waals surface area contributed by atoms with Gasteiger partial charge in [-0.05, 0) is 36.6 Å². The molecular formula is C10H12Br2O. The molecule has 1 aromatic rings. The van der Waals surface area contributed by atoms with Crippen LogP contribution < -0.4 is 0 Å². The fraction of sp³-hybridized carbons (Fsp3) is 0.400. The first-order chi connectivity index (χ1) is 6.06. The molecule has 0 bridgehead atoms. The van der Waals surface area contributed by atoms with Gasteiger partial charge in [0.25, 0.3) is 0 Å². The Balaban J connectivity index is 3.15. The van der Waals surface area contributed by atoms with Gasteiger partial charge in [-0.3, -0.25) is 0 Å². The van der Waals surface area contributed by atoms with E-state index in [-0.39, 0.29) is 6.10 Å². The van der Waals surface area contributed by atoms with Gasteiger partial charge in [-0.1, -0.05) is 38.8 Å². The van der Waals surface area contributed by atoms with Crippen LogP contribution in [0.2, 0.25) is 0 Å². The monoisotopic (exact) mass is 306 g/mol. The summed E-state index contributed by atoms with van der Waals surface area (Å²) in [6.45, 7) is 3.99. The maximum absolute atomic E-state index is 9.67. The number of aliphatic hydroxyl groups excluding tert-OH is 1. The van der Waals surface area contributed by atoms with Crippen LogP contribution in [0.25, 0.3) is 0 Å². The molecule has 3 heteroatoms. The maximum Gasteiger partial charge on any atom is 0.0798 e. The number of aliphatic hydroxyl groups is 1. The Hall–Kier alpha value is 0.140. The zero-order chi connectivity index (χ0) is 10.0. The van der Waals surface area contributed by atoms with Crippen LogP contribution in [-0.2, 0) is 0 Å². The zero-order valence-electron chi connectivity index (χ0n) is 7.64. The average molecular weight is 308 g/mol. The van der Waals surface area contributed by atoms with Crippen molar-refractivity contribution in [3.05, 3.63) is 32.2 Å². The van der Waals surface area contributed by atoms with Crippen molar-refractivity contribution in [2.24, 2.45) is 0 Å². The molecule has 0 aliphatic heterocycles. The molecule has 0 heterocycles. The highest BCUT2D eigenvalue weighted by atomic mass is 79.9. The Kier molecular flexibility index (Phi) is 3.95. The molecule has 0 radical (unpaired) electrons. The van der Waals surface area contributed by atoms with Crippen LogP contribution in [-0.4, -0.2) is 5.11 Å². The number of hydrogen-bond acceptors (Lipinski definition) is 1. The van der Waals surface area contributed by atoms with Gasteiger partial charge >= 0.3 is 0 Å². The first-order valence-corrected chi connectivity index (χ1v) is 5.78. The minimum Gasteiger partial charge on any atom is -0.388 e. The van der Waals surface area contributed by atoms with Crippen molar-refractivity contribution in [2.75, 3.05) is 0 Å². The van der Waals surface area contributed by atoms with Gasteiger partial charge in [0, 0.05) is 8.95 Å². The van der Waals surface area contributed by atoms with Crippen molar-refractivity contribution < 1.29 is 5.11 Å². The topological polar surface area (TPSA) is 20.2 Å². The molecule has 0 spiro atoms. The van der Waals surface area contributed by atoms with E-state index < -0.39 is 0 Å². The van der Waals surface area contributed by atoms with Crippen LogP contribution in [0.1, 0.15) is 30.6 Å². The third-order valence-electron chi connectivity index (χ3n) is 2.02. The first kappa shape index (κ1) is 11.2. The lowest BCUT2D eigenvalue weighted by Crippen LogP contribution is -1.97. The Labute approximate surface area is 95.4 Å². The molecule has 0 unspecified atom stereocenters. The van der Waals surface area contributed by atoms with Crippen molar-refractivity contribution in [3.8, 4) is 0 Å². The fourth-order valence-electron chi connectivity index (χ4n) is 1.14. The summed E-state index contributed by atoms with van der Waals surface area (Å²) in [5.74, 6) is 0. The molecule has 0 aromatic heterocycles. The number of benzene rings is 1. The molecule has 0 aliphatic carbocycles. The van der Waals surface area contributed by atoms with Crippen LogP contribution >= 0.6 is 31.9 Å². The van der Waals surface area contributed by atoms with Gasteiger partial charge in [0.2, 0.25) is 0 Å². The normalized spacial score (nSPS) is 13.0. The Morgan fingerprint density at radius 3 is 2.46 bits per heavy atom. The van der Waals surface area contributed by atoms with Crippen molar-refractivity contribution in [1.29, 1.82) is 0 Å². The summed E-state index contributed by atoms with van der Waals surface area (Å²) in [6.07, 6.45) is 0.347. The van der Waals surface area contributed by atoms with E-state index in [1.165, 1.54) is 5.56 Å². The molecule has 1 N–H and O–H groups in total. The molecule has 1 aromatic carbocycles.